The third-order valence-electron chi connectivity index (χ3n) is 2.23. The molecule has 2 rings (SSSR count). The van der Waals surface area contributed by atoms with Crippen molar-refractivity contribution in [3.05, 3.63) is 53.7 Å². The van der Waals surface area contributed by atoms with Gasteiger partial charge < -0.3 is 9.73 Å². The van der Waals surface area contributed by atoms with Crippen molar-refractivity contribution in [2.45, 2.75) is 6.92 Å². The predicted molar refractivity (Wildman–Crippen MR) is 57.8 cm³/mol. The molecular formula is C12H10FNO2. The molecule has 1 aromatic heterocycles. The Bertz CT molecular complexity index is 519. The molecule has 0 saturated carbocycles. The van der Waals surface area contributed by atoms with Crippen molar-refractivity contribution < 1.29 is 13.6 Å². The molecule has 0 fully saturated rings. The summed E-state index contributed by atoms with van der Waals surface area (Å²) in [6.07, 6.45) is 1.42. The minimum atomic E-state index is -0.461. The fourth-order valence-electron chi connectivity index (χ4n) is 1.37. The monoisotopic (exact) mass is 219 g/mol. The summed E-state index contributed by atoms with van der Waals surface area (Å²) in [5.41, 5.74) is 0.566. The van der Waals surface area contributed by atoms with Crippen molar-refractivity contribution in [3.8, 4) is 0 Å². The number of hydrogen-bond donors (Lipinski definition) is 1. The van der Waals surface area contributed by atoms with E-state index in [-0.39, 0.29) is 11.6 Å². The van der Waals surface area contributed by atoms with E-state index in [4.69, 9.17) is 4.42 Å². The Hall–Kier alpha value is -2.10. The molecule has 2 aromatic rings. The summed E-state index contributed by atoms with van der Waals surface area (Å²) < 4.78 is 18.3. The lowest BCUT2D eigenvalue weighted by atomic mass is 10.2. The number of halogens is 1. The number of furan rings is 1. The molecule has 4 heteroatoms. The quantitative estimate of drug-likeness (QED) is 0.843. The van der Waals surface area contributed by atoms with Crippen molar-refractivity contribution in [1.29, 1.82) is 0 Å². The van der Waals surface area contributed by atoms with E-state index in [0.717, 1.165) is 0 Å². The highest BCUT2D eigenvalue weighted by atomic mass is 19.1. The molecule has 82 valence electrons. The van der Waals surface area contributed by atoms with E-state index in [2.05, 4.69) is 5.32 Å². The molecule has 0 spiro atoms. The summed E-state index contributed by atoms with van der Waals surface area (Å²) >= 11 is 0. The molecule has 0 unspecified atom stereocenters. The first-order chi connectivity index (χ1) is 7.68. The molecule has 0 radical (unpaired) electrons. The van der Waals surface area contributed by atoms with Crippen LogP contribution in [0.5, 0.6) is 0 Å². The predicted octanol–water partition coefficient (Wildman–Crippen LogP) is 2.98. The molecule has 3 nitrogen and oxygen atoms in total. The smallest absolute Gasteiger partial charge is 0.259 e. The van der Waals surface area contributed by atoms with Gasteiger partial charge in [0.25, 0.3) is 5.91 Å². The summed E-state index contributed by atoms with van der Waals surface area (Å²) in [6.45, 7) is 1.68. The van der Waals surface area contributed by atoms with Gasteiger partial charge in [0.05, 0.1) is 17.5 Å². The van der Waals surface area contributed by atoms with Gasteiger partial charge in [-0.3, -0.25) is 4.79 Å². The number of carbonyl (C=O) groups excluding carboxylic acids is 1. The number of hydrogen-bond acceptors (Lipinski definition) is 2. The Balaban J connectivity index is 2.21. The molecule has 0 bridgehead atoms. The van der Waals surface area contributed by atoms with Gasteiger partial charge in [0, 0.05) is 0 Å². The largest absolute Gasteiger partial charge is 0.469 e. The highest BCUT2D eigenvalue weighted by Gasteiger charge is 2.12. The fraction of sp³-hybridized carbons (Fsp3) is 0.0833. The Morgan fingerprint density at radius 1 is 1.31 bits per heavy atom. The molecule has 0 aliphatic rings. The number of anilines is 1. The van der Waals surface area contributed by atoms with E-state index >= 15 is 0 Å². The molecule has 0 atom stereocenters. The van der Waals surface area contributed by atoms with Gasteiger partial charge in [0.15, 0.2) is 0 Å². The van der Waals surface area contributed by atoms with Crippen LogP contribution in [0.2, 0.25) is 0 Å². The second kappa shape index (κ2) is 4.18. The number of amides is 1. The Kier molecular flexibility index (Phi) is 2.72. The topological polar surface area (TPSA) is 42.2 Å². The summed E-state index contributed by atoms with van der Waals surface area (Å²) in [5, 5.41) is 2.48. The van der Waals surface area contributed by atoms with Crippen LogP contribution in [0.25, 0.3) is 0 Å². The van der Waals surface area contributed by atoms with Crippen LogP contribution >= 0.6 is 0 Å². The Morgan fingerprint density at radius 2 is 2.06 bits per heavy atom. The van der Waals surface area contributed by atoms with Crippen LogP contribution in [-0.4, -0.2) is 5.91 Å². The maximum absolute atomic E-state index is 13.3. The first kappa shape index (κ1) is 10.4. The second-order valence-electron chi connectivity index (χ2n) is 3.32. The zero-order valence-electron chi connectivity index (χ0n) is 8.66. The van der Waals surface area contributed by atoms with Crippen molar-refractivity contribution >= 4 is 11.6 Å². The maximum Gasteiger partial charge on any atom is 0.259 e. The van der Waals surface area contributed by atoms with Gasteiger partial charge in [-0.2, -0.15) is 0 Å². The van der Waals surface area contributed by atoms with Crippen molar-refractivity contribution in [3.63, 3.8) is 0 Å². The molecule has 0 saturated heterocycles. The lowest BCUT2D eigenvalue weighted by Crippen LogP contribution is -2.13. The van der Waals surface area contributed by atoms with Crippen LogP contribution in [0.4, 0.5) is 10.1 Å². The van der Waals surface area contributed by atoms with Gasteiger partial charge in [-0.05, 0) is 25.1 Å². The molecular weight excluding hydrogens is 209 g/mol. The average Bonchev–Trinajstić information content (AvgIpc) is 2.68. The molecule has 1 N–H and O–H groups in total. The number of rotatable bonds is 2. The molecule has 1 heterocycles. The van der Waals surface area contributed by atoms with E-state index < -0.39 is 5.82 Å². The second-order valence-corrected chi connectivity index (χ2v) is 3.32. The number of benzene rings is 1. The van der Waals surface area contributed by atoms with Gasteiger partial charge in [-0.25, -0.2) is 4.39 Å². The van der Waals surface area contributed by atoms with E-state index in [1.54, 1.807) is 25.1 Å². The lowest BCUT2D eigenvalue weighted by molar-refractivity contribution is 0.102. The van der Waals surface area contributed by atoms with Crippen molar-refractivity contribution in [1.82, 2.24) is 0 Å². The molecule has 0 aliphatic carbocycles. The standard InChI is InChI=1S/C12H10FNO2/c1-8-9(6-7-16-8)12(15)14-11-5-3-2-4-10(11)13/h2-7H,1H3,(H,14,15). The van der Waals surface area contributed by atoms with E-state index in [1.807, 2.05) is 0 Å². The van der Waals surface area contributed by atoms with Crippen LogP contribution in [0.15, 0.2) is 41.0 Å². The normalized spacial score (nSPS) is 10.1. The van der Waals surface area contributed by atoms with E-state index in [9.17, 15) is 9.18 Å². The first-order valence-corrected chi connectivity index (χ1v) is 4.78. The van der Waals surface area contributed by atoms with Gasteiger partial charge in [0.2, 0.25) is 0 Å². The highest BCUT2D eigenvalue weighted by molar-refractivity contribution is 6.04. The lowest BCUT2D eigenvalue weighted by Gasteiger charge is -2.04. The van der Waals surface area contributed by atoms with Gasteiger partial charge >= 0.3 is 0 Å². The summed E-state index contributed by atoms with van der Waals surface area (Å²) in [4.78, 5) is 11.7. The van der Waals surface area contributed by atoms with Crippen LogP contribution in [0.3, 0.4) is 0 Å². The third kappa shape index (κ3) is 1.95. The van der Waals surface area contributed by atoms with E-state index in [0.29, 0.717) is 11.3 Å². The molecule has 16 heavy (non-hydrogen) atoms. The average molecular weight is 219 g/mol. The molecule has 1 aromatic carbocycles. The SMILES string of the molecule is Cc1occc1C(=O)Nc1ccccc1F. The Morgan fingerprint density at radius 3 is 2.69 bits per heavy atom. The third-order valence-corrected chi connectivity index (χ3v) is 2.23. The molecule has 0 aliphatic heterocycles. The van der Waals surface area contributed by atoms with Crippen LogP contribution < -0.4 is 5.32 Å². The molecule has 1 amide bonds. The summed E-state index contributed by atoms with van der Waals surface area (Å²) in [5.74, 6) is -0.331. The van der Waals surface area contributed by atoms with Crippen molar-refractivity contribution in [2.75, 3.05) is 5.32 Å². The summed E-state index contributed by atoms with van der Waals surface area (Å²) in [6, 6.07) is 7.56. The first-order valence-electron chi connectivity index (χ1n) is 4.78. The fourth-order valence-corrected chi connectivity index (χ4v) is 1.37. The van der Waals surface area contributed by atoms with Crippen LogP contribution in [0.1, 0.15) is 16.1 Å². The van der Waals surface area contributed by atoms with E-state index in [1.165, 1.54) is 18.4 Å². The van der Waals surface area contributed by atoms with Crippen LogP contribution in [0, 0.1) is 12.7 Å². The van der Waals surface area contributed by atoms with Crippen LogP contribution in [-0.2, 0) is 0 Å². The zero-order chi connectivity index (χ0) is 11.5. The number of carbonyl (C=O) groups is 1. The number of nitrogens with one attached hydrogen (secondary N) is 1. The zero-order valence-corrected chi connectivity index (χ0v) is 8.66. The number of aryl methyl sites for hydroxylation is 1. The highest BCUT2D eigenvalue weighted by Crippen LogP contribution is 2.15. The number of para-hydroxylation sites is 1. The minimum Gasteiger partial charge on any atom is -0.469 e. The van der Waals surface area contributed by atoms with Crippen molar-refractivity contribution in [2.24, 2.45) is 0 Å². The minimum absolute atomic E-state index is 0.160. The Labute approximate surface area is 91.9 Å². The maximum atomic E-state index is 13.3. The van der Waals surface area contributed by atoms with Gasteiger partial charge in [-0.15, -0.1) is 0 Å². The van der Waals surface area contributed by atoms with Gasteiger partial charge in [0.1, 0.15) is 11.6 Å². The summed E-state index contributed by atoms with van der Waals surface area (Å²) in [7, 11) is 0. The van der Waals surface area contributed by atoms with Gasteiger partial charge in [-0.1, -0.05) is 12.1 Å².